The lowest BCUT2D eigenvalue weighted by Crippen LogP contribution is -2.30. The highest BCUT2D eigenvalue weighted by atomic mass is 79.9. The van der Waals surface area contributed by atoms with Crippen LogP contribution in [0.1, 0.15) is 29.6 Å². The Morgan fingerprint density at radius 2 is 1.94 bits per heavy atom. The molecule has 1 fully saturated rings. The molecular formula is C13H15Br2NO. The number of nitrogens with one attached hydrogen (secondary N) is 1. The minimum absolute atomic E-state index is 0.0262. The van der Waals surface area contributed by atoms with Gasteiger partial charge in [-0.15, -0.1) is 0 Å². The van der Waals surface area contributed by atoms with Gasteiger partial charge in [-0.25, -0.2) is 0 Å². The third kappa shape index (κ3) is 3.55. The standard InChI is InChI=1S/C13H15Br2NO/c14-8-7-13(5-6-13)9-16-12(17)10-1-3-11(15)4-2-10/h1-4H,5-9H2,(H,16,17). The van der Waals surface area contributed by atoms with Crippen LogP contribution in [0.5, 0.6) is 0 Å². The first-order valence-corrected chi connectivity index (χ1v) is 7.66. The fourth-order valence-electron chi connectivity index (χ4n) is 1.86. The third-order valence-corrected chi connectivity index (χ3v) is 4.24. The summed E-state index contributed by atoms with van der Waals surface area (Å²) in [7, 11) is 0. The number of halogens is 2. The van der Waals surface area contributed by atoms with Crippen molar-refractivity contribution >= 4 is 37.8 Å². The molecule has 1 amide bonds. The minimum atomic E-state index is 0.0262. The van der Waals surface area contributed by atoms with Crippen molar-refractivity contribution in [1.29, 1.82) is 0 Å². The highest BCUT2D eigenvalue weighted by molar-refractivity contribution is 9.10. The van der Waals surface area contributed by atoms with Crippen molar-refractivity contribution in [3.63, 3.8) is 0 Å². The number of hydrogen-bond donors (Lipinski definition) is 1. The normalized spacial score (nSPS) is 16.6. The zero-order valence-corrected chi connectivity index (χ0v) is 12.7. The minimum Gasteiger partial charge on any atom is -0.351 e. The Hall–Kier alpha value is -0.350. The summed E-state index contributed by atoms with van der Waals surface area (Å²) in [6.45, 7) is 0.799. The summed E-state index contributed by atoms with van der Waals surface area (Å²) >= 11 is 6.83. The van der Waals surface area contributed by atoms with Crippen LogP contribution in [-0.4, -0.2) is 17.8 Å². The van der Waals surface area contributed by atoms with E-state index in [-0.39, 0.29) is 5.91 Å². The van der Waals surface area contributed by atoms with Crippen molar-refractivity contribution in [2.24, 2.45) is 5.41 Å². The van der Waals surface area contributed by atoms with Gasteiger partial charge < -0.3 is 5.32 Å². The Balaban J connectivity index is 1.87. The number of alkyl halides is 1. The van der Waals surface area contributed by atoms with Crippen molar-refractivity contribution in [3.05, 3.63) is 34.3 Å². The summed E-state index contributed by atoms with van der Waals surface area (Å²) in [6, 6.07) is 7.45. The Morgan fingerprint density at radius 1 is 1.29 bits per heavy atom. The van der Waals surface area contributed by atoms with Gasteiger partial charge >= 0.3 is 0 Å². The number of benzene rings is 1. The maximum absolute atomic E-state index is 11.9. The van der Waals surface area contributed by atoms with Gasteiger partial charge in [0.05, 0.1) is 0 Å². The largest absolute Gasteiger partial charge is 0.351 e. The summed E-state index contributed by atoms with van der Waals surface area (Å²) in [6.07, 6.45) is 3.62. The van der Waals surface area contributed by atoms with Gasteiger partial charge in [-0.3, -0.25) is 4.79 Å². The molecule has 0 spiro atoms. The molecule has 0 atom stereocenters. The molecular weight excluding hydrogens is 346 g/mol. The first kappa shape index (κ1) is 13.1. The zero-order chi connectivity index (χ0) is 12.3. The molecule has 92 valence electrons. The third-order valence-electron chi connectivity index (χ3n) is 3.31. The van der Waals surface area contributed by atoms with Crippen LogP contribution in [0.4, 0.5) is 0 Å². The summed E-state index contributed by atoms with van der Waals surface area (Å²) in [4.78, 5) is 11.9. The molecule has 1 aromatic carbocycles. The van der Waals surface area contributed by atoms with Gasteiger partial charge in [0.15, 0.2) is 0 Å². The fourth-order valence-corrected chi connectivity index (χ4v) is 2.97. The van der Waals surface area contributed by atoms with Crippen LogP contribution in [-0.2, 0) is 0 Å². The molecule has 2 nitrogen and oxygen atoms in total. The van der Waals surface area contributed by atoms with E-state index in [0.29, 0.717) is 5.41 Å². The highest BCUT2D eigenvalue weighted by Crippen LogP contribution is 2.48. The van der Waals surface area contributed by atoms with Gasteiger partial charge in [-0.05, 0) is 48.9 Å². The van der Waals surface area contributed by atoms with E-state index in [4.69, 9.17) is 0 Å². The second-order valence-electron chi connectivity index (χ2n) is 4.63. The Bertz CT molecular complexity index is 398. The van der Waals surface area contributed by atoms with E-state index >= 15 is 0 Å². The number of amides is 1. The maximum atomic E-state index is 11.9. The zero-order valence-electron chi connectivity index (χ0n) is 9.51. The summed E-state index contributed by atoms with van der Waals surface area (Å²) in [5, 5.41) is 4.05. The molecule has 2 rings (SSSR count). The molecule has 0 radical (unpaired) electrons. The van der Waals surface area contributed by atoms with E-state index in [1.807, 2.05) is 24.3 Å². The number of rotatable bonds is 5. The van der Waals surface area contributed by atoms with Gasteiger partial charge in [-0.2, -0.15) is 0 Å². The Morgan fingerprint density at radius 3 is 2.47 bits per heavy atom. The smallest absolute Gasteiger partial charge is 0.251 e. The molecule has 1 aliphatic carbocycles. The molecule has 0 aromatic heterocycles. The van der Waals surface area contributed by atoms with Gasteiger partial charge in [0.1, 0.15) is 0 Å². The molecule has 0 aliphatic heterocycles. The van der Waals surface area contributed by atoms with Crippen LogP contribution < -0.4 is 5.32 Å². The SMILES string of the molecule is O=C(NCC1(CCBr)CC1)c1ccc(Br)cc1. The molecule has 0 unspecified atom stereocenters. The first-order chi connectivity index (χ1) is 8.15. The summed E-state index contributed by atoms with van der Waals surface area (Å²) in [5.74, 6) is 0.0262. The second kappa shape index (κ2) is 5.53. The molecule has 0 bridgehead atoms. The molecule has 1 aliphatic rings. The van der Waals surface area contributed by atoms with Crippen molar-refractivity contribution in [2.75, 3.05) is 11.9 Å². The molecule has 4 heteroatoms. The van der Waals surface area contributed by atoms with Gasteiger partial charge in [0, 0.05) is 21.9 Å². The van der Waals surface area contributed by atoms with E-state index in [1.165, 1.54) is 12.8 Å². The quantitative estimate of drug-likeness (QED) is 0.796. The van der Waals surface area contributed by atoms with Crippen LogP contribution in [0.2, 0.25) is 0 Å². The average Bonchev–Trinajstić information content (AvgIpc) is 3.08. The van der Waals surface area contributed by atoms with E-state index in [1.54, 1.807) is 0 Å². The number of hydrogen-bond acceptors (Lipinski definition) is 1. The fraction of sp³-hybridized carbons (Fsp3) is 0.462. The molecule has 0 heterocycles. The molecule has 17 heavy (non-hydrogen) atoms. The van der Waals surface area contributed by atoms with E-state index < -0.39 is 0 Å². The van der Waals surface area contributed by atoms with Crippen LogP contribution in [0, 0.1) is 5.41 Å². The lowest BCUT2D eigenvalue weighted by Gasteiger charge is -2.14. The highest BCUT2D eigenvalue weighted by Gasteiger charge is 2.41. The molecule has 1 aromatic rings. The topological polar surface area (TPSA) is 29.1 Å². The van der Waals surface area contributed by atoms with Gasteiger partial charge in [0.2, 0.25) is 0 Å². The Labute approximate surface area is 118 Å². The predicted molar refractivity (Wildman–Crippen MR) is 76.6 cm³/mol. The molecule has 0 saturated heterocycles. The van der Waals surface area contributed by atoms with Crippen molar-refractivity contribution < 1.29 is 4.79 Å². The predicted octanol–water partition coefficient (Wildman–Crippen LogP) is 3.74. The van der Waals surface area contributed by atoms with E-state index in [2.05, 4.69) is 37.2 Å². The monoisotopic (exact) mass is 359 g/mol. The summed E-state index contributed by atoms with van der Waals surface area (Å²) < 4.78 is 0.993. The van der Waals surface area contributed by atoms with Crippen LogP contribution >= 0.6 is 31.9 Å². The lowest BCUT2D eigenvalue weighted by molar-refractivity contribution is 0.0944. The number of carbonyl (C=O) groups excluding carboxylic acids is 1. The first-order valence-electron chi connectivity index (χ1n) is 5.75. The molecule has 1 saturated carbocycles. The van der Waals surface area contributed by atoms with E-state index in [0.717, 1.165) is 28.3 Å². The maximum Gasteiger partial charge on any atom is 0.251 e. The van der Waals surface area contributed by atoms with Crippen molar-refractivity contribution in [2.45, 2.75) is 19.3 Å². The number of carbonyl (C=O) groups is 1. The van der Waals surface area contributed by atoms with Crippen molar-refractivity contribution in [3.8, 4) is 0 Å². The van der Waals surface area contributed by atoms with Crippen molar-refractivity contribution in [1.82, 2.24) is 5.32 Å². The second-order valence-corrected chi connectivity index (χ2v) is 6.34. The van der Waals surface area contributed by atoms with Crippen LogP contribution in [0.25, 0.3) is 0 Å². The van der Waals surface area contributed by atoms with Gasteiger partial charge in [-0.1, -0.05) is 31.9 Å². The Kier molecular flexibility index (Phi) is 4.26. The lowest BCUT2D eigenvalue weighted by atomic mass is 10.0. The van der Waals surface area contributed by atoms with Gasteiger partial charge in [0.25, 0.3) is 5.91 Å². The van der Waals surface area contributed by atoms with Crippen LogP contribution in [0.15, 0.2) is 28.7 Å². The molecule has 1 N–H and O–H groups in total. The summed E-state index contributed by atoms with van der Waals surface area (Å²) in [5.41, 5.74) is 1.09. The van der Waals surface area contributed by atoms with E-state index in [9.17, 15) is 4.79 Å². The van der Waals surface area contributed by atoms with Crippen LogP contribution in [0.3, 0.4) is 0 Å². The average molecular weight is 361 g/mol.